The van der Waals surface area contributed by atoms with Crippen LogP contribution in [0.4, 0.5) is 4.79 Å². The van der Waals surface area contributed by atoms with Gasteiger partial charge < -0.3 is 20.5 Å². The van der Waals surface area contributed by atoms with Crippen molar-refractivity contribution in [1.82, 2.24) is 10.6 Å². The van der Waals surface area contributed by atoms with E-state index in [2.05, 4.69) is 22.8 Å². The van der Waals surface area contributed by atoms with E-state index >= 15 is 0 Å². The topological polar surface area (TPSA) is 70.6 Å². The Morgan fingerprint density at radius 3 is 2.65 bits per heavy atom. The molecule has 2 amide bonds. The Bertz CT molecular complexity index is 459. The number of carbonyl (C=O) groups excluding carboxylic acids is 1. The number of rotatable bonds is 7. The highest BCUT2D eigenvalue weighted by Gasteiger charge is 2.20. The summed E-state index contributed by atoms with van der Waals surface area (Å²) in [5.74, 6) is 0. The van der Waals surface area contributed by atoms with E-state index in [0.29, 0.717) is 13.2 Å². The molecule has 1 aromatic carbocycles. The maximum Gasteiger partial charge on any atom is 0.315 e. The van der Waals surface area contributed by atoms with E-state index in [9.17, 15) is 9.90 Å². The summed E-state index contributed by atoms with van der Waals surface area (Å²) in [5.41, 5.74) is 1.16. The average Bonchev–Trinajstić information content (AvgIpc) is 2.57. The van der Waals surface area contributed by atoms with Gasteiger partial charge in [0, 0.05) is 19.2 Å². The number of carbonyl (C=O) groups is 1. The van der Waals surface area contributed by atoms with Gasteiger partial charge in [-0.25, -0.2) is 4.79 Å². The van der Waals surface area contributed by atoms with Crippen LogP contribution >= 0.6 is 0 Å². The molecule has 0 bridgehead atoms. The molecular weight excluding hydrogens is 292 g/mol. The molecular formula is C18H28N2O3. The van der Waals surface area contributed by atoms with Crippen LogP contribution in [0.1, 0.15) is 50.7 Å². The van der Waals surface area contributed by atoms with Crippen molar-refractivity contribution in [3.8, 4) is 0 Å². The number of benzene rings is 1. The largest absolute Gasteiger partial charge is 0.393 e. The highest BCUT2D eigenvalue weighted by molar-refractivity contribution is 5.74. The van der Waals surface area contributed by atoms with E-state index in [0.717, 1.165) is 37.7 Å². The molecule has 5 nitrogen and oxygen atoms in total. The molecule has 0 spiro atoms. The summed E-state index contributed by atoms with van der Waals surface area (Å²) in [6, 6.07) is 10.2. The Morgan fingerprint density at radius 2 is 1.96 bits per heavy atom. The Morgan fingerprint density at radius 1 is 1.26 bits per heavy atom. The van der Waals surface area contributed by atoms with Crippen LogP contribution in [-0.4, -0.2) is 36.4 Å². The van der Waals surface area contributed by atoms with Gasteiger partial charge in [-0.3, -0.25) is 0 Å². The molecule has 0 radical (unpaired) electrons. The fraction of sp³-hybridized carbons (Fsp3) is 0.611. The molecule has 1 aliphatic rings. The SMILES string of the molecule is CC(OCCCNC(=O)NC1CCC(O)CC1)c1ccccc1. The van der Waals surface area contributed by atoms with Crippen LogP contribution in [0.5, 0.6) is 0 Å². The minimum atomic E-state index is -0.195. The number of aliphatic hydroxyl groups excluding tert-OH is 1. The van der Waals surface area contributed by atoms with Crippen LogP contribution < -0.4 is 10.6 Å². The third-order valence-corrected chi connectivity index (χ3v) is 4.28. The summed E-state index contributed by atoms with van der Waals surface area (Å²) in [4.78, 5) is 11.8. The van der Waals surface area contributed by atoms with Crippen LogP contribution in [0.3, 0.4) is 0 Å². The Kier molecular flexibility index (Phi) is 7.36. The number of ether oxygens (including phenoxy) is 1. The quantitative estimate of drug-likeness (QED) is 0.677. The van der Waals surface area contributed by atoms with Crippen LogP contribution in [0, 0.1) is 0 Å². The number of urea groups is 1. The summed E-state index contributed by atoms with van der Waals surface area (Å²) in [6.45, 7) is 3.25. The van der Waals surface area contributed by atoms with Crippen molar-refractivity contribution in [2.24, 2.45) is 0 Å². The van der Waals surface area contributed by atoms with Gasteiger partial charge >= 0.3 is 6.03 Å². The standard InChI is InChI=1S/C18H28N2O3/c1-14(15-6-3-2-4-7-15)23-13-5-12-19-18(22)20-16-8-10-17(21)11-9-16/h2-4,6-7,14,16-17,21H,5,8-13H2,1H3,(H2,19,20,22). The van der Waals surface area contributed by atoms with Crippen LogP contribution in [0.2, 0.25) is 0 Å². The first-order valence-corrected chi connectivity index (χ1v) is 8.54. The lowest BCUT2D eigenvalue weighted by molar-refractivity contribution is 0.0643. The lowest BCUT2D eigenvalue weighted by atomic mass is 9.93. The first kappa shape index (κ1) is 17.8. The van der Waals surface area contributed by atoms with Crippen molar-refractivity contribution < 1.29 is 14.6 Å². The maximum absolute atomic E-state index is 11.8. The van der Waals surface area contributed by atoms with Crippen molar-refractivity contribution >= 4 is 6.03 Å². The molecule has 1 atom stereocenters. The smallest absolute Gasteiger partial charge is 0.315 e. The van der Waals surface area contributed by atoms with Gasteiger partial charge in [-0.1, -0.05) is 30.3 Å². The van der Waals surface area contributed by atoms with Gasteiger partial charge in [0.1, 0.15) is 0 Å². The monoisotopic (exact) mass is 320 g/mol. The zero-order valence-electron chi connectivity index (χ0n) is 13.8. The fourth-order valence-electron chi connectivity index (χ4n) is 2.81. The van der Waals surface area contributed by atoms with E-state index in [1.165, 1.54) is 0 Å². The Labute approximate surface area is 138 Å². The van der Waals surface area contributed by atoms with Crippen LogP contribution in [0.15, 0.2) is 30.3 Å². The number of hydrogen-bond donors (Lipinski definition) is 3. The van der Waals surface area contributed by atoms with Crippen LogP contribution in [0.25, 0.3) is 0 Å². The molecule has 0 saturated heterocycles. The summed E-state index contributed by atoms with van der Waals surface area (Å²) < 4.78 is 5.77. The number of hydrogen-bond acceptors (Lipinski definition) is 3. The van der Waals surface area contributed by atoms with Crippen molar-refractivity contribution in [3.63, 3.8) is 0 Å². The summed E-state index contributed by atoms with van der Waals surface area (Å²) in [5, 5.41) is 15.3. The van der Waals surface area contributed by atoms with Gasteiger partial charge in [0.2, 0.25) is 0 Å². The minimum Gasteiger partial charge on any atom is -0.393 e. The Hall–Kier alpha value is -1.59. The molecule has 1 fully saturated rings. The molecule has 3 N–H and O–H groups in total. The second kappa shape index (κ2) is 9.53. The van der Waals surface area contributed by atoms with Gasteiger partial charge in [-0.05, 0) is 44.6 Å². The number of aliphatic hydroxyl groups is 1. The number of nitrogens with one attached hydrogen (secondary N) is 2. The summed E-state index contributed by atoms with van der Waals surface area (Å²) >= 11 is 0. The Balaban J connectivity index is 1.52. The van der Waals surface area contributed by atoms with Gasteiger partial charge in [-0.2, -0.15) is 0 Å². The number of amides is 2. The van der Waals surface area contributed by atoms with Crippen molar-refractivity contribution in [3.05, 3.63) is 35.9 Å². The lowest BCUT2D eigenvalue weighted by Gasteiger charge is -2.26. The second-order valence-electron chi connectivity index (χ2n) is 6.18. The summed E-state index contributed by atoms with van der Waals surface area (Å²) in [7, 11) is 0. The van der Waals surface area contributed by atoms with E-state index in [-0.39, 0.29) is 24.3 Å². The predicted molar refractivity (Wildman–Crippen MR) is 90.2 cm³/mol. The van der Waals surface area contributed by atoms with E-state index in [1.54, 1.807) is 0 Å². The molecule has 1 unspecified atom stereocenters. The highest BCUT2D eigenvalue weighted by atomic mass is 16.5. The normalized spacial score (nSPS) is 22.3. The molecule has 0 aromatic heterocycles. The molecule has 23 heavy (non-hydrogen) atoms. The maximum atomic E-state index is 11.8. The zero-order chi connectivity index (χ0) is 16.5. The fourth-order valence-corrected chi connectivity index (χ4v) is 2.81. The predicted octanol–water partition coefficient (Wildman–Crippen LogP) is 2.76. The van der Waals surface area contributed by atoms with E-state index in [1.807, 2.05) is 25.1 Å². The molecule has 1 aromatic rings. The molecule has 0 aliphatic heterocycles. The van der Waals surface area contributed by atoms with Crippen molar-refractivity contribution in [2.75, 3.05) is 13.2 Å². The first-order valence-electron chi connectivity index (χ1n) is 8.54. The average molecular weight is 320 g/mol. The second-order valence-corrected chi connectivity index (χ2v) is 6.18. The highest BCUT2D eigenvalue weighted by Crippen LogP contribution is 2.18. The summed E-state index contributed by atoms with van der Waals surface area (Å²) in [6.07, 6.45) is 3.91. The van der Waals surface area contributed by atoms with Gasteiger partial charge in [0.15, 0.2) is 0 Å². The van der Waals surface area contributed by atoms with Gasteiger partial charge in [-0.15, -0.1) is 0 Å². The first-order chi connectivity index (χ1) is 11.1. The van der Waals surface area contributed by atoms with E-state index < -0.39 is 0 Å². The molecule has 128 valence electrons. The van der Waals surface area contributed by atoms with E-state index in [4.69, 9.17) is 4.74 Å². The van der Waals surface area contributed by atoms with Crippen LogP contribution in [-0.2, 0) is 4.74 Å². The molecule has 1 aliphatic carbocycles. The lowest BCUT2D eigenvalue weighted by Crippen LogP contribution is -2.44. The molecule has 0 heterocycles. The van der Waals surface area contributed by atoms with Crippen molar-refractivity contribution in [1.29, 1.82) is 0 Å². The third kappa shape index (κ3) is 6.59. The molecule has 2 rings (SSSR count). The zero-order valence-corrected chi connectivity index (χ0v) is 13.8. The third-order valence-electron chi connectivity index (χ3n) is 4.28. The van der Waals surface area contributed by atoms with Crippen molar-refractivity contribution in [2.45, 2.75) is 57.3 Å². The van der Waals surface area contributed by atoms with Gasteiger partial charge in [0.05, 0.1) is 12.2 Å². The minimum absolute atomic E-state index is 0.0682. The molecule has 5 heteroatoms. The van der Waals surface area contributed by atoms with Gasteiger partial charge in [0.25, 0.3) is 0 Å². The molecule has 1 saturated carbocycles.